The van der Waals surface area contributed by atoms with Crippen LogP contribution in [0.3, 0.4) is 0 Å². The highest BCUT2D eigenvalue weighted by Gasteiger charge is 2.10. The molecular formula is C11H12N2O2. The number of aromatic hydroxyl groups is 1. The van der Waals surface area contributed by atoms with Gasteiger partial charge in [0.1, 0.15) is 5.82 Å². The van der Waals surface area contributed by atoms with Gasteiger partial charge >= 0.3 is 0 Å². The van der Waals surface area contributed by atoms with E-state index in [-0.39, 0.29) is 5.75 Å². The Bertz CT molecular complexity index is 438. The summed E-state index contributed by atoms with van der Waals surface area (Å²) in [7, 11) is 0. The lowest BCUT2D eigenvalue weighted by molar-refractivity contribution is 0.318. The van der Waals surface area contributed by atoms with Gasteiger partial charge in [0.25, 0.3) is 0 Å². The van der Waals surface area contributed by atoms with Gasteiger partial charge in [-0.3, -0.25) is 0 Å². The van der Waals surface area contributed by atoms with Crippen molar-refractivity contribution >= 4 is 0 Å². The van der Waals surface area contributed by atoms with Crippen molar-refractivity contribution in [2.45, 2.75) is 6.92 Å². The Morgan fingerprint density at radius 3 is 3.00 bits per heavy atom. The number of benzene rings is 1. The van der Waals surface area contributed by atoms with Gasteiger partial charge in [0, 0.05) is 12.4 Å². The van der Waals surface area contributed by atoms with E-state index in [1.54, 1.807) is 24.5 Å². The molecule has 0 saturated carbocycles. The third-order valence-electron chi connectivity index (χ3n) is 2.05. The molecule has 4 nitrogen and oxygen atoms in total. The first-order valence-corrected chi connectivity index (χ1v) is 4.77. The molecule has 0 atom stereocenters. The smallest absolute Gasteiger partial charge is 0.168 e. The highest BCUT2D eigenvalue weighted by atomic mass is 16.5. The molecule has 1 aromatic heterocycles. The van der Waals surface area contributed by atoms with E-state index in [0.717, 1.165) is 0 Å². The molecular weight excluding hydrogens is 192 g/mol. The van der Waals surface area contributed by atoms with Crippen LogP contribution < -0.4 is 4.74 Å². The number of phenols is 1. The van der Waals surface area contributed by atoms with Crippen molar-refractivity contribution in [1.82, 2.24) is 9.97 Å². The number of ether oxygens (including phenoxy) is 1. The van der Waals surface area contributed by atoms with E-state index in [4.69, 9.17) is 4.74 Å². The largest absolute Gasteiger partial charge is 0.504 e. The predicted octanol–water partition coefficient (Wildman–Crippen LogP) is 2.18. The summed E-state index contributed by atoms with van der Waals surface area (Å²) < 4.78 is 5.28. The molecule has 0 aliphatic rings. The van der Waals surface area contributed by atoms with E-state index in [9.17, 15) is 5.11 Å². The van der Waals surface area contributed by atoms with Gasteiger partial charge in [0.15, 0.2) is 11.5 Å². The molecule has 0 unspecified atom stereocenters. The molecule has 0 aliphatic carbocycles. The van der Waals surface area contributed by atoms with Crippen molar-refractivity contribution in [2.75, 3.05) is 6.61 Å². The van der Waals surface area contributed by atoms with Crippen molar-refractivity contribution in [3.63, 3.8) is 0 Å². The zero-order chi connectivity index (χ0) is 10.7. The molecule has 1 heterocycles. The summed E-state index contributed by atoms with van der Waals surface area (Å²) in [5.41, 5.74) is 0.644. The molecule has 78 valence electrons. The summed E-state index contributed by atoms with van der Waals surface area (Å²) in [4.78, 5) is 7.01. The van der Waals surface area contributed by atoms with E-state index in [0.29, 0.717) is 23.7 Å². The van der Waals surface area contributed by atoms with Crippen molar-refractivity contribution in [1.29, 1.82) is 0 Å². The number of nitrogens with zero attached hydrogens (tertiary/aromatic N) is 1. The molecule has 2 rings (SSSR count). The Balaban J connectivity index is 2.45. The van der Waals surface area contributed by atoms with Gasteiger partial charge in [-0.25, -0.2) is 4.98 Å². The molecule has 2 N–H and O–H groups in total. The Hall–Kier alpha value is -1.97. The lowest BCUT2D eigenvalue weighted by Crippen LogP contribution is -1.93. The van der Waals surface area contributed by atoms with Gasteiger partial charge in [-0.15, -0.1) is 0 Å². The minimum atomic E-state index is 0.120. The molecule has 0 fully saturated rings. The van der Waals surface area contributed by atoms with E-state index >= 15 is 0 Å². The van der Waals surface area contributed by atoms with Crippen LogP contribution in [0.4, 0.5) is 0 Å². The number of aromatic amines is 1. The number of imidazole rings is 1. The summed E-state index contributed by atoms with van der Waals surface area (Å²) in [6.45, 7) is 2.40. The van der Waals surface area contributed by atoms with Gasteiger partial charge in [-0.05, 0) is 19.1 Å². The van der Waals surface area contributed by atoms with Gasteiger partial charge in [0.2, 0.25) is 0 Å². The number of rotatable bonds is 3. The highest BCUT2D eigenvalue weighted by molar-refractivity contribution is 5.67. The van der Waals surface area contributed by atoms with Crippen molar-refractivity contribution in [2.24, 2.45) is 0 Å². The summed E-state index contributed by atoms with van der Waals surface area (Å²) in [6.07, 6.45) is 3.35. The van der Waals surface area contributed by atoms with Gasteiger partial charge in [0.05, 0.1) is 12.2 Å². The first-order valence-electron chi connectivity index (χ1n) is 4.77. The number of hydrogen-bond acceptors (Lipinski definition) is 3. The summed E-state index contributed by atoms with van der Waals surface area (Å²) in [6, 6.07) is 5.34. The molecule has 2 aromatic rings. The third-order valence-corrected chi connectivity index (χ3v) is 2.05. The minimum absolute atomic E-state index is 0.120. The fourth-order valence-corrected chi connectivity index (χ4v) is 1.40. The predicted molar refractivity (Wildman–Crippen MR) is 56.9 cm³/mol. The molecule has 0 bridgehead atoms. The number of aromatic nitrogens is 2. The average Bonchev–Trinajstić information content (AvgIpc) is 2.74. The SMILES string of the molecule is CCOc1cccc(-c2ncc[nH]2)c1O. The van der Waals surface area contributed by atoms with Crippen LogP contribution in [0.25, 0.3) is 11.4 Å². The lowest BCUT2D eigenvalue weighted by atomic mass is 10.2. The van der Waals surface area contributed by atoms with E-state index in [2.05, 4.69) is 9.97 Å². The molecule has 0 radical (unpaired) electrons. The second-order valence-corrected chi connectivity index (χ2v) is 3.02. The third kappa shape index (κ3) is 1.79. The maximum Gasteiger partial charge on any atom is 0.168 e. The van der Waals surface area contributed by atoms with Gasteiger partial charge < -0.3 is 14.8 Å². The molecule has 4 heteroatoms. The molecule has 0 saturated heterocycles. The first kappa shape index (κ1) is 9.58. The fourth-order valence-electron chi connectivity index (χ4n) is 1.40. The van der Waals surface area contributed by atoms with Crippen molar-refractivity contribution < 1.29 is 9.84 Å². The topological polar surface area (TPSA) is 58.1 Å². The monoisotopic (exact) mass is 204 g/mol. The number of hydrogen-bond donors (Lipinski definition) is 2. The minimum Gasteiger partial charge on any atom is -0.504 e. The van der Waals surface area contributed by atoms with Crippen LogP contribution >= 0.6 is 0 Å². The molecule has 1 aromatic carbocycles. The number of phenolic OH excluding ortho intramolecular Hbond substituents is 1. The summed E-state index contributed by atoms with van der Waals surface area (Å²) in [5.74, 6) is 1.23. The maximum atomic E-state index is 9.91. The van der Waals surface area contributed by atoms with Crippen LogP contribution in [0.2, 0.25) is 0 Å². The number of para-hydroxylation sites is 1. The Morgan fingerprint density at radius 2 is 2.33 bits per heavy atom. The fraction of sp³-hybridized carbons (Fsp3) is 0.182. The number of nitrogens with one attached hydrogen (secondary N) is 1. The average molecular weight is 204 g/mol. The van der Waals surface area contributed by atoms with Crippen LogP contribution in [0.15, 0.2) is 30.6 Å². The van der Waals surface area contributed by atoms with Gasteiger partial charge in [-0.1, -0.05) is 6.07 Å². The second kappa shape index (κ2) is 4.04. The standard InChI is InChI=1S/C11H12N2O2/c1-2-15-9-5-3-4-8(10(9)14)11-12-6-7-13-11/h3-7,14H,2H2,1H3,(H,12,13). The van der Waals surface area contributed by atoms with E-state index in [1.807, 2.05) is 13.0 Å². The maximum absolute atomic E-state index is 9.91. The lowest BCUT2D eigenvalue weighted by Gasteiger charge is -2.08. The zero-order valence-electron chi connectivity index (χ0n) is 8.40. The second-order valence-electron chi connectivity index (χ2n) is 3.02. The van der Waals surface area contributed by atoms with Crippen LogP contribution in [-0.4, -0.2) is 21.7 Å². The normalized spacial score (nSPS) is 10.2. The van der Waals surface area contributed by atoms with Gasteiger partial charge in [-0.2, -0.15) is 0 Å². The zero-order valence-corrected chi connectivity index (χ0v) is 8.40. The van der Waals surface area contributed by atoms with Crippen molar-refractivity contribution in [3.05, 3.63) is 30.6 Å². The first-order chi connectivity index (χ1) is 7.33. The van der Waals surface area contributed by atoms with E-state index < -0.39 is 0 Å². The van der Waals surface area contributed by atoms with Crippen LogP contribution in [0, 0.1) is 0 Å². The molecule has 15 heavy (non-hydrogen) atoms. The Labute approximate surface area is 87.6 Å². The molecule has 0 spiro atoms. The van der Waals surface area contributed by atoms with Crippen LogP contribution in [-0.2, 0) is 0 Å². The quantitative estimate of drug-likeness (QED) is 0.805. The van der Waals surface area contributed by atoms with E-state index in [1.165, 1.54) is 0 Å². The molecule has 0 aliphatic heterocycles. The summed E-state index contributed by atoms with van der Waals surface area (Å²) >= 11 is 0. The summed E-state index contributed by atoms with van der Waals surface area (Å²) in [5, 5.41) is 9.91. The van der Waals surface area contributed by atoms with Crippen LogP contribution in [0.1, 0.15) is 6.92 Å². The molecule has 0 amide bonds. The number of H-pyrrole nitrogens is 1. The Kier molecular flexibility index (Phi) is 2.58. The highest BCUT2D eigenvalue weighted by Crippen LogP contribution is 2.35. The van der Waals surface area contributed by atoms with Crippen LogP contribution in [0.5, 0.6) is 11.5 Å². The van der Waals surface area contributed by atoms with Crippen molar-refractivity contribution in [3.8, 4) is 22.9 Å². The Morgan fingerprint density at radius 1 is 1.47 bits per heavy atom.